The van der Waals surface area contributed by atoms with Crippen LogP contribution in [0.1, 0.15) is 26.1 Å². The summed E-state index contributed by atoms with van der Waals surface area (Å²) in [6.45, 7) is 6.14. The Morgan fingerprint density at radius 3 is 2.50 bits per heavy atom. The van der Waals surface area contributed by atoms with Crippen molar-refractivity contribution in [2.45, 2.75) is 38.3 Å². The topological polar surface area (TPSA) is 90.0 Å². The molecule has 0 saturated carbocycles. The molecule has 0 aliphatic rings. The van der Waals surface area contributed by atoms with Crippen LogP contribution < -0.4 is 10.5 Å². The molecule has 1 rings (SSSR count). The highest BCUT2D eigenvalue weighted by Crippen LogP contribution is 2.12. The van der Waals surface area contributed by atoms with E-state index in [-0.39, 0.29) is 17.0 Å². The maximum atomic E-state index is 12.2. The van der Waals surface area contributed by atoms with E-state index in [9.17, 15) is 8.42 Å². The van der Waals surface area contributed by atoms with Crippen LogP contribution in [0.4, 0.5) is 0 Å². The third-order valence-electron chi connectivity index (χ3n) is 2.95. The zero-order chi connectivity index (χ0) is 13.9. The van der Waals surface area contributed by atoms with Crippen LogP contribution in [0.3, 0.4) is 0 Å². The zero-order valence-corrected chi connectivity index (χ0v) is 12.2. The van der Waals surface area contributed by atoms with Crippen molar-refractivity contribution >= 4 is 10.0 Å². The summed E-state index contributed by atoms with van der Waals surface area (Å²) in [5.41, 5.74) is 5.50. The molecule has 104 valence electrons. The lowest BCUT2D eigenvalue weighted by Crippen LogP contribution is -2.40. The van der Waals surface area contributed by atoms with Crippen LogP contribution in [0.2, 0.25) is 0 Å². The van der Waals surface area contributed by atoms with E-state index < -0.39 is 10.0 Å². The third-order valence-corrected chi connectivity index (χ3v) is 4.31. The molecule has 7 heteroatoms. The van der Waals surface area contributed by atoms with E-state index in [4.69, 9.17) is 5.73 Å². The largest absolute Gasteiger partial charge is 0.337 e. The number of nitrogens with zero attached hydrogens (tertiary/aromatic N) is 2. The molecule has 3 N–H and O–H groups in total. The van der Waals surface area contributed by atoms with Gasteiger partial charge in [-0.1, -0.05) is 13.8 Å². The normalized spacial score (nSPS) is 14.1. The Labute approximate surface area is 109 Å². The van der Waals surface area contributed by atoms with Crippen molar-refractivity contribution in [2.75, 3.05) is 6.54 Å². The second-order valence-electron chi connectivity index (χ2n) is 4.79. The molecule has 0 saturated heterocycles. The summed E-state index contributed by atoms with van der Waals surface area (Å²) in [5.74, 6) is 0.850. The highest BCUT2D eigenvalue weighted by molar-refractivity contribution is 7.89. The van der Waals surface area contributed by atoms with Gasteiger partial charge in [0, 0.05) is 19.3 Å². The fourth-order valence-corrected chi connectivity index (χ4v) is 3.08. The molecule has 1 atom stereocenters. The number of rotatable bonds is 6. The van der Waals surface area contributed by atoms with Crippen molar-refractivity contribution in [1.82, 2.24) is 14.3 Å². The summed E-state index contributed by atoms with van der Waals surface area (Å²) in [6.07, 6.45) is 2.13. The van der Waals surface area contributed by atoms with E-state index in [1.54, 1.807) is 18.5 Å². The van der Waals surface area contributed by atoms with E-state index in [1.165, 1.54) is 6.20 Å². The molecule has 1 aromatic heterocycles. The lowest BCUT2D eigenvalue weighted by molar-refractivity contribution is 0.428. The smallest absolute Gasteiger partial charge is 0.259 e. The van der Waals surface area contributed by atoms with Crippen molar-refractivity contribution in [3.8, 4) is 0 Å². The van der Waals surface area contributed by atoms with E-state index >= 15 is 0 Å². The molecule has 0 spiro atoms. The first-order chi connectivity index (χ1) is 8.27. The van der Waals surface area contributed by atoms with Crippen molar-refractivity contribution in [2.24, 2.45) is 18.7 Å². The van der Waals surface area contributed by atoms with Gasteiger partial charge in [-0.3, -0.25) is 0 Å². The maximum absolute atomic E-state index is 12.2. The molecule has 1 aromatic rings. The van der Waals surface area contributed by atoms with Gasteiger partial charge in [0.25, 0.3) is 10.0 Å². The fraction of sp³-hybridized carbons (Fsp3) is 0.727. The average Bonchev–Trinajstić information content (AvgIpc) is 2.59. The summed E-state index contributed by atoms with van der Waals surface area (Å²) < 4.78 is 28.7. The Balaban J connectivity index is 2.93. The number of nitrogens with one attached hydrogen (secondary N) is 1. The molecule has 6 nitrogen and oxygen atoms in total. The molecule has 0 amide bonds. The van der Waals surface area contributed by atoms with Gasteiger partial charge < -0.3 is 10.3 Å². The van der Waals surface area contributed by atoms with Crippen LogP contribution >= 0.6 is 0 Å². The molecule has 0 aliphatic heterocycles. The van der Waals surface area contributed by atoms with Crippen molar-refractivity contribution in [3.05, 3.63) is 12.0 Å². The van der Waals surface area contributed by atoms with E-state index in [2.05, 4.69) is 9.71 Å². The minimum atomic E-state index is -3.57. The predicted octanol–water partition coefficient (Wildman–Crippen LogP) is 0.380. The van der Waals surface area contributed by atoms with Gasteiger partial charge in [-0.15, -0.1) is 0 Å². The second kappa shape index (κ2) is 5.81. The minimum absolute atomic E-state index is 0.0603. The molecular weight excluding hydrogens is 252 g/mol. The minimum Gasteiger partial charge on any atom is -0.337 e. The summed E-state index contributed by atoms with van der Waals surface area (Å²) in [7, 11) is -1.80. The first kappa shape index (κ1) is 15.1. The van der Waals surface area contributed by atoms with Crippen molar-refractivity contribution in [3.63, 3.8) is 0 Å². The molecule has 1 unspecified atom stereocenters. The van der Waals surface area contributed by atoms with E-state index in [0.29, 0.717) is 18.8 Å². The molecule has 18 heavy (non-hydrogen) atoms. The van der Waals surface area contributed by atoms with Gasteiger partial charge in [-0.2, -0.15) is 0 Å². The van der Waals surface area contributed by atoms with Gasteiger partial charge in [0.2, 0.25) is 0 Å². The highest BCUT2D eigenvalue weighted by atomic mass is 32.2. The summed E-state index contributed by atoms with van der Waals surface area (Å²) in [5, 5.41) is 0.0603. The average molecular weight is 274 g/mol. The SMILES string of the molecule is Cc1nc(S(=O)(=O)NC(CCN)C(C)C)cn1C. The van der Waals surface area contributed by atoms with Crippen molar-refractivity contribution in [1.29, 1.82) is 0 Å². The Kier molecular flexibility index (Phi) is 4.89. The number of aromatic nitrogens is 2. The van der Waals surface area contributed by atoms with Crippen LogP contribution in [-0.4, -0.2) is 30.6 Å². The van der Waals surface area contributed by atoms with Gasteiger partial charge >= 0.3 is 0 Å². The van der Waals surface area contributed by atoms with Crippen LogP contribution in [0.15, 0.2) is 11.2 Å². The Morgan fingerprint density at radius 2 is 2.11 bits per heavy atom. The lowest BCUT2D eigenvalue weighted by Gasteiger charge is -2.20. The van der Waals surface area contributed by atoms with Gasteiger partial charge in [0.15, 0.2) is 5.03 Å². The van der Waals surface area contributed by atoms with E-state index in [1.807, 2.05) is 13.8 Å². The highest BCUT2D eigenvalue weighted by Gasteiger charge is 2.24. The van der Waals surface area contributed by atoms with Crippen LogP contribution in [0.25, 0.3) is 0 Å². The third kappa shape index (κ3) is 3.54. The lowest BCUT2D eigenvalue weighted by atomic mass is 10.0. The molecule has 0 radical (unpaired) electrons. The number of sulfonamides is 1. The molecule has 1 heterocycles. The predicted molar refractivity (Wildman–Crippen MR) is 70.6 cm³/mol. The Morgan fingerprint density at radius 1 is 1.50 bits per heavy atom. The van der Waals surface area contributed by atoms with Crippen LogP contribution in [0, 0.1) is 12.8 Å². The number of imidazole rings is 1. The molecule has 0 fully saturated rings. The molecule has 0 aromatic carbocycles. The molecule has 0 bridgehead atoms. The van der Waals surface area contributed by atoms with E-state index in [0.717, 1.165) is 0 Å². The second-order valence-corrected chi connectivity index (χ2v) is 6.45. The number of nitrogens with two attached hydrogens (primary N) is 1. The number of aryl methyl sites for hydroxylation is 2. The Bertz CT molecular complexity index is 474. The maximum Gasteiger partial charge on any atom is 0.259 e. The fourth-order valence-electron chi connectivity index (χ4n) is 1.62. The quantitative estimate of drug-likeness (QED) is 0.784. The number of hydrogen-bond donors (Lipinski definition) is 2. The molecular formula is C11H22N4O2S. The monoisotopic (exact) mass is 274 g/mol. The van der Waals surface area contributed by atoms with Crippen LogP contribution in [-0.2, 0) is 17.1 Å². The first-order valence-electron chi connectivity index (χ1n) is 6.00. The zero-order valence-electron chi connectivity index (χ0n) is 11.3. The molecule has 0 aliphatic carbocycles. The van der Waals surface area contributed by atoms with Crippen molar-refractivity contribution < 1.29 is 8.42 Å². The first-order valence-corrected chi connectivity index (χ1v) is 7.48. The summed E-state index contributed by atoms with van der Waals surface area (Å²) in [4.78, 5) is 4.04. The number of hydrogen-bond acceptors (Lipinski definition) is 4. The van der Waals surface area contributed by atoms with Gasteiger partial charge in [0.05, 0.1) is 0 Å². The van der Waals surface area contributed by atoms with Gasteiger partial charge in [0.1, 0.15) is 5.82 Å². The summed E-state index contributed by atoms with van der Waals surface area (Å²) in [6, 6.07) is -0.165. The van der Waals surface area contributed by atoms with Gasteiger partial charge in [-0.25, -0.2) is 18.1 Å². The summed E-state index contributed by atoms with van der Waals surface area (Å²) >= 11 is 0. The standard InChI is InChI=1S/C11H22N4O2S/c1-8(2)10(5-6-12)14-18(16,17)11-7-15(4)9(3)13-11/h7-8,10,14H,5-6,12H2,1-4H3. The van der Waals surface area contributed by atoms with Crippen LogP contribution in [0.5, 0.6) is 0 Å². The Hall–Kier alpha value is -0.920. The van der Waals surface area contributed by atoms with Gasteiger partial charge in [-0.05, 0) is 25.8 Å².